The van der Waals surface area contributed by atoms with Crippen molar-refractivity contribution in [2.75, 3.05) is 6.54 Å². The zero-order valence-electron chi connectivity index (χ0n) is 12.8. The number of hydrogen-bond acceptors (Lipinski definition) is 2. The van der Waals surface area contributed by atoms with E-state index in [4.69, 9.17) is 0 Å². The van der Waals surface area contributed by atoms with E-state index in [2.05, 4.69) is 5.10 Å². The third kappa shape index (κ3) is 3.31. The van der Waals surface area contributed by atoms with Crippen molar-refractivity contribution < 1.29 is 13.6 Å². The van der Waals surface area contributed by atoms with Crippen LogP contribution in [0.25, 0.3) is 0 Å². The minimum Gasteiger partial charge on any atom is -0.334 e. The molecule has 2 atom stereocenters. The first-order chi connectivity index (χ1) is 10.6. The van der Waals surface area contributed by atoms with Crippen LogP contribution in [0.4, 0.5) is 8.78 Å². The highest BCUT2D eigenvalue weighted by molar-refractivity contribution is 5.92. The predicted molar refractivity (Wildman–Crippen MR) is 78.9 cm³/mol. The smallest absolute Gasteiger partial charge is 0.274 e. The average Bonchev–Trinajstić information content (AvgIpc) is 2.84. The largest absolute Gasteiger partial charge is 0.334 e. The molecule has 1 aliphatic heterocycles. The summed E-state index contributed by atoms with van der Waals surface area (Å²) in [5.41, 5.74) is 0.298. The Balaban J connectivity index is 1.75. The normalized spacial score (nSPS) is 25.9. The van der Waals surface area contributed by atoms with Crippen LogP contribution in [0.5, 0.6) is 0 Å². The van der Waals surface area contributed by atoms with Gasteiger partial charge in [-0.15, -0.1) is 0 Å². The first-order valence-electron chi connectivity index (χ1n) is 8.27. The second kappa shape index (κ2) is 6.75. The highest BCUT2D eigenvalue weighted by atomic mass is 19.3. The van der Waals surface area contributed by atoms with Gasteiger partial charge in [-0.2, -0.15) is 5.10 Å². The molecule has 2 fully saturated rings. The summed E-state index contributed by atoms with van der Waals surface area (Å²) in [6, 6.07) is 1.87. The molecular weight excluding hydrogens is 288 g/mol. The van der Waals surface area contributed by atoms with Gasteiger partial charge in [-0.25, -0.2) is 8.78 Å². The van der Waals surface area contributed by atoms with Crippen LogP contribution in [-0.4, -0.2) is 39.6 Å². The lowest BCUT2D eigenvalue weighted by Gasteiger charge is -2.38. The van der Waals surface area contributed by atoms with Gasteiger partial charge in [0, 0.05) is 18.8 Å². The molecule has 1 aliphatic carbocycles. The van der Waals surface area contributed by atoms with Crippen LogP contribution in [0.2, 0.25) is 0 Å². The van der Waals surface area contributed by atoms with Crippen molar-refractivity contribution in [3.05, 3.63) is 18.0 Å². The fraction of sp³-hybridized carbons (Fsp3) is 0.750. The molecule has 22 heavy (non-hydrogen) atoms. The summed E-state index contributed by atoms with van der Waals surface area (Å²) in [5.74, 6) is 0.509. The van der Waals surface area contributed by atoms with E-state index in [0.717, 1.165) is 24.1 Å². The molecule has 3 rings (SSSR count). The molecule has 0 bridgehead atoms. The molecule has 2 aliphatic rings. The fourth-order valence-electron chi connectivity index (χ4n) is 3.91. The first kappa shape index (κ1) is 15.4. The van der Waals surface area contributed by atoms with Crippen molar-refractivity contribution in [1.82, 2.24) is 14.7 Å². The number of aromatic nitrogens is 2. The Hall–Kier alpha value is -1.46. The fourth-order valence-corrected chi connectivity index (χ4v) is 3.91. The molecule has 1 saturated heterocycles. The highest BCUT2D eigenvalue weighted by Crippen LogP contribution is 2.35. The summed E-state index contributed by atoms with van der Waals surface area (Å²) >= 11 is 0. The van der Waals surface area contributed by atoms with Crippen LogP contribution in [-0.2, 0) is 6.54 Å². The van der Waals surface area contributed by atoms with E-state index in [1.807, 2.05) is 4.90 Å². The number of rotatable bonds is 3. The van der Waals surface area contributed by atoms with Crippen LogP contribution < -0.4 is 0 Å². The summed E-state index contributed by atoms with van der Waals surface area (Å²) in [7, 11) is 0. The van der Waals surface area contributed by atoms with Gasteiger partial charge in [-0.1, -0.05) is 19.3 Å². The first-order valence-corrected chi connectivity index (χ1v) is 8.27. The summed E-state index contributed by atoms with van der Waals surface area (Å²) in [5, 5.41) is 4.04. The van der Waals surface area contributed by atoms with E-state index >= 15 is 0 Å². The molecule has 0 unspecified atom stereocenters. The van der Waals surface area contributed by atoms with Crippen molar-refractivity contribution in [2.24, 2.45) is 5.92 Å². The molecule has 1 amide bonds. The number of halogens is 2. The van der Waals surface area contributed by atoms with Gasteiger partial charge in [0.15, 0.2) is 0 Å². The standard InChI is InChI=1S/C16H23F2N3O/c17-15(18)11-20-10-8-13(19-20)16(22)21-9-4-3-6-12-5-1-2-7-14(12)21/h8,10,12,14-15H,1-7,9,11H2/t12-,14+/m0/s1. The van der Waals surface area contributed by atoms with Crippen LogP contribution in [0.15, 0.2) is 12.3 Å². The molecule has 1 saturated carbocycles. The van der Waals surface area contributed by atoms with Gasteiger partial charge in [0.25, 0.3) is 12.3 Å². The quantitative estimate of drug-likeness (QED) is 0.859. The van der Waals surface area contributed by atoms with E-state index in [1.165, 1.54) is 38.3 Å². The lowest BCUT2D eigenvalue weighted by Crippen LogP contribution is -2.45. The number of fused-ring (bicyclic) bond motifs is 1. The second-order valence-electron chi connectivity index (χ2n) is 6.42. The highest BCUT2D eigenvalue weighted by Gasteiger charge is 2.35. The van der Waals surface area contributed by atoms with Crippen molar-refractivity contribution in [3.8, 4) is 0 Å². The van der Waals surface area contributed by atoms with Crippen LogP contribution in [0.3, 0.4) is 0 Å². The number of hydrogen-bond donors (Lipinski definition) is 0. The Bertz CT molecular complexity index is 517. The van der Waals surface area contributed by atoms with E-state index < -0.39 is 13.0 Å². The molecule has 122 valence electrons. The number of amides is 1. The summed E-state index contributed by atoms with van der Waals surface area (Å²) in [4.78, 5) is 14.7. The van der Waals surface area contributed by atoms with Gasteiger partial charge >= 0.3 is 0 Å². The molecule has 1 aromatic rings. The van der Waals surface area contributed by atoms with E-state index in [1.54, 1.807) is 6.07 Å². The van der Waals surface area contributed by atoms with Crippen molar-refractivity contribution in [1.29, 1.82) is 0 Å². The van der Waals surface area contributed by atoms with Crippen LogP contribution in [0.1, 0.15) is 55.4 Å². The minimum absolute atomic E-state index is 0.0909. The van der Waals surface area contributed by atoms with Gasteiger partial charge < -0.3 is 4.90 Å². The van der Waals surface area contributed by atoms with Gasteiger partial charge in [0.2, 0.25) is 0 Å². The lowest BCUT2D eigenvalue weighted by atomic mass is 9.81. The topological polar surface area (TPSA) is 38.1 Å². The van der Waals surface area contributed by atoms with Crippen LogP contribution >= 0.6 is 0 Å². The number of carbonyl (C=O) groups excluding carboxylic acids is 1. The maximum atomic E-state index is 12.8. The predicted octanol–water partition coefficient (Wildman–Crippen LogP) is 3.33. The number of carbonyl (C=O) groups is 1. The summed E-state index contributed by atoms with van der Waals surface area (Å²) in [6.45, 7) is 0.307. The third-order valence-electron chi connectivity index (χ3n) is 4.94. The zero-order valence-corrected chi connectivity index (χ0v) is 12.8. The molecule has 0 radical (unpaired) electrons. The molecule has 0 N–H and O–H groups in total. The molecule has 6 heteroatoms. The molecule has 4 nitrogen and oxygen atoms in total. The number of alkyl halides is 2. The second-order valence-corrected chi connectivity index (χ2v) is 6.42. The Labute approximate surface area is 129 Å². The number of likely N-dealkylation sites (tertiary alicyclic amines) is 1. The monoisotopic (exact) mass is 311 g/mol. The zero-order chi connectivity index (χ0) is 15.5. The Morgan fingerprint density at radius 2 is 1.95 bits per heavy atom. The van der Waals surface area contributed by atoms with Crippen molar-refractivity contribution >= 4 is 5.91 Å². The van der Waals surface area contributed by atoms with Crippen LogP contribution in [0, 0.1) is 5.92 Å². The van der Waals surface area contributed by atoms with Gasteiger partial charge in [0.05, 0.1) is 0 Å². The van der Waals surface area contributed by atoms with E-state index in [9.17, 15) is 13.6 Å². The molecule has 0 spiro atoms. The van der Waals surface area contributed by atoms with Gasteiger partial charge in [-0.05, 0) is 37.7 Å². The SMILES string of the molecule is O=C(c1ccn(CC(F)F)n1)N1CCCC[C@@H]2CCCC[C@H]21. The summed E-state index contributed by atoms with van der Waals surface area (Å²) in [6.07, 6.45) is 7.11. The Kier molecular flexibility index (Phi) is 4.74. The maximum Gasteiger partial charge on any atom is 0.274 e. The maximum absolute atomic E-state index is 12.8. The molecule has 1 aromatic heterocycles. The molecule has 2 heterocycles. The Morgan fingerprint density at radius 1 is 1.23 bits per heavy atom. The molecule has 0 aromatic carbocycles. The van der Waals surface area contributed by atoms with Crippen molar-refractivity contribution in [3.63, 3.8) is 0 Å². The van der Waals surface area contributed by atoms with E-state index in [-0.39, 0.29) is 5.91 Å². The van der Waals surface area contributed by atoms with E-state index in [0.29, 0.717) is 17.7 Å². The lowest BCUT2D eigenvalue weighted by molar-refractivity contribution is 0.0560. The van der Waals surface area contributed by atoms with Gasteiger partial charge in [-0.3, -0.25) is 9.48 Å². The van der Waals surface area contributed by atoms with Crippen molar-refractivity contribution in [2.45, 2.75) is 64.0 Å². The minimum atomic E-state index is -2.45. The third-order valence-corrected chi connectivity index (χ3v) is 4.94. The number of nitrogens with zero attached hydrogens (tertiary/aromatic N) is 3. The summed E-state index contributed by atoms with van der Waals surface area (Å²) < 4.78 is 26.0. The molecular formula is C16H23F2N3O. The Morgan fingerprint density at radius 3 is 2.73 bits per heavy atom. The average molecular weight is 311 g/mol. The van der Waals surface area contributed by atoms with Gasteiger partial charge in [0.1, 0.15) is 12.2 Å².